The summed E-state index contributed by atoms with van der Waals surface area (Å²) in [5, 5.41) is 27.2. The highest BCUT2D eigenvalue weighted by Crippen LogP contribution is 2.24. The van der Waals surface area contributed by atoms with Crippen LogP contribution in [0.3, 0.4) is 0 Å². The molecular weight excluding hydrogens is 464 g/mol. The van der Waals surface area contributed by atoms with Crippen molar-refractivity contribution in [2.24, 2.45) is 0 Å². The SMILES string of the molecule is O=C(Nc1ccc(-c2ccc(NC(=O)c3cccc([N+](=O)[O-])c3)cc2)cc1)c1cccc([N+](=O)[O-])c1. The quantitative estimate of drug-likeness (QED) is 0.256. The minimum absolute atomic E-state index is 0.164. The Balaban J connectivity index is 1.40. The van der Waals surface area contributed by atoms with Gasteiger partial charge in [-0.2, -0.15) is 0 Å². The van der Waals surface area contributed by atoms with Gasteiger partial charge >= 0.3 is 0 Å². The second kappa shape index (κ2) is 10.3. The van der Waals surface area contributed by atoms with E-state index < -0.39 is 21.7 Å². The molecule has 178 valence electrons. The van der Waals surface area contributed by atoms with E-state index in [4.69, 9.17) is 0 Å². The third-order valence-electron chi connectivity index (χ3n) is 5.26. The van der Waals surface area contributed by atoms with Crippen LogP contribution >= 0.6 is 0 Å². The molecule has 0 spiro atoms. The Labute approximate surface area is 204 Å². The zero-order chi connectivity index (χ0) is 25.7. The topological polar surface area (TPSA) is 144 Å². The molecule has 0 atom stereocenters. The molecule has 0 saturated heterocycles. The third-order valence-corrected chi connectivity index (χ3v) is 5.26. The van der Waals surface area contributed by atoms with E-state index in [1.54, 1.807) is 48.5 Å². The number of benzene rings is 4. The van der Waals surface area contributed by atoms with E-state index in [0.717, 1.165) is 11.1 Å². The van der Waals surface area contributed by atoms with Gasteiger partial charge in [0.1, 0.15) is 0 Å². The summed E-state index contributed by atoms with van der Waals surface area (Å²) >= 11 is 0. The summed E-state index contributed by atoms with van der Waals surface area (Å²) < 4.78 is 0. The van der Waals surface area contributed by atoms with Crippen LogP contribution in [-0.2, 0) is 0 Å². The number of nitro groups is 2. The maximum absolute atomic E-state index is 12.4. The molecule has 0 aliphatic carbocycles. The van der Waals surface area contributed by atoms with Crippen LogP contribution in [0.4, 0.5) is 22.7 Å². The Morgan fingerprint density at radius 2 is 0.917 bits per heavy atom. The molecule has 4 aromatic rings. The van der Waals surface area contributed by atoms with Crippen LogP contribution in [-0.4, -0.2) is 21.7 Å². The number of nitro benzene ring substituents is 2. The van der Waals surface area contributed by atoms with E-state index in [1.165, 1.54) is 48.5 Å². The second-order valence-corrected chi connectivity index (χ2v) is 7.68. The number of anilines is 2. The number of nitrogens with one attached hydrogen (secondary N) is 2. The summed E-state index contributed by atoms with van der Waals surface area (Å²) in [5.41, 5.74) is 2.80. The first-order chi connectivity index (χ1) is 17.3. The Bertz CT molecular complexity index is 1350. The van der Waals surface area contributed by atoms with E-state index in [9.17, 15) is 29.8 Å². The van der Waals surface area contributed by atoms with Gasteiger partial charge in [-0.1, -0.05) is 36.4 Å². The van der Waals surface area contributed by atoms with E-state index in [2.05, 4.69) is 10.6 Å². The van der Waals surface area contributed by atoms with Crippen molar-refractivity contribution < 1.29 is 19.4 Å². The molecule has 0 saturated carbocycles. The third kappa shape index (κ3) is 5.57. The molecule has 4 aromatic carbocycles. The second-order valence-electron chi connectivity index (χ2n) is 7.68. The lowest BCUT2D eigenvalue weighted by atomic mass is 10.0. The number of carbonyl (C=O) groups is 2. The zero-order valence-corrected chi connectivity index (χ0v) is 18.6. The van der Waals surface area contributed by atoms with E-state index >= 15 is 0 Å². The van der Waals surface area contributed by atoms with Gasteiger partial charge in [0, 0.05) is 46.8 Å². The van der Waals surface area contributed by atoms with Crippen molar-refractivity contribution in [1.29, 1.82) is 0 Å². The minimum Gasteiger partial charge on any atom is -0.322 e. The normalized spacial score (nSPS) is 10.3. The molecule has 36 heavy (non-hydrogen) atoms. The molecule has 10 heteroatoms. The summed E-state index contributed by atoms with van der Waals surface area (Å²) in [6.45, 7) is 0. The lowest BCUT2D eigenvalue weighted by molar-refractivity contribution is -0.385. The Hall–Kier alpha value is -5.38. The van der Waals surface area contributed by atoms with Crippen molar-refractivity contribution in [1.82, 2.24) is 0 Å². The maximum Gasteiger partial charge on any atom is 0.270 e. The van der Waals surface area contributed by atoms with Crippen molar-refractivity contribution in [2.45, 2.75) is 0 Å². The van der Waals surface area contributed by atoms with E-state index in [1.807, 2.05) is 0 Å². The van der Waals surface area contributed by atoms with Crippen molar-refractivity contribution in [3.63, 3.8) is 0 Å². The van der Waals surface area contributed by atoms with Crippen molar-refractivity contribution in [3.8, 4) is 11.1 Å². The van der Waals surface area contributed by atoms with Crippen LogP contribution < -0.4 is 10.6 Å². The van der Waals surface area contributed by atoms with Crippen molar-refractivity contribution in [3.05, 3.63) is 128 Å². The van der Waals surface area contributed by atoms with Crippen molar-refractivity contribution >= 4 is 34.6 Å². The van der Waals surface area contributed by atoms with E-state index in [-0.39, 0.29) is 22.5 Å². The molecule has 0 fully saturated rings. The molecule has 0 aliphatic heterocycles. The Morgan fingerprint density at radius 1 is 0.556 bits per heavy atom. The van der Waals surface area contributed by atoms with Crippen LogP contribution in [0.15, 0.2) is 97.1 Å². The van der Waals surface area contributed by atoms with Crippen LogP contribution in [0.25, 0.3) is 11.1 Å². The van der Waals surface area contributed by atoms with Crippen LogP contribution in [0.1, 0.15) is 20.7 Å². The highest BCUT2D eigenvalue weighted by Gasteiger charge is 2.13. The summed E-state index contributed by atoms with van der Waals surface area (Å²) in [6.07, 6.45) is 0. The smallest absolute Gasteiger partial charge is 0.270 e. The molecule has 0 bridgehead atoms. The number of carbonyl (C=O) groups excluding carboxylic acids is 2. The first-order valence-corrected chi connectivity index (χ1v) is 10.6. The van der Waals surface area contributed by atoms with Crippen LogP contribution in [0, 0.1) is 20.2 Å². The fraction of sp³-hybridized carbons (Fsp3) is 0. The molecule has 0 aromatic heterocycles. The van der Waals surface area contributed by atoms with Gasteiger partial charge in [-0.15, -0.1) is 0 Å². The molecule has 0 heterocycles. The molecular formula is C26H18N4O6. The summed E-state index contributed by atoms with van der Waals surface area (Å²) in [4.78, 5) is 45.5. The van der Waals surface area contributed by atoms with Gasteiger partial charge in [-0.25, -0.2) is 0 Å². The molecule has 0 radical (unpaired) electrons. The number of nitrogens with zero attached hydrogens (tertiary/aromatic N) is 2. The standard InChI is InChI=1S/C26H18N4O6/c31-25(19-3-1-5-23(15-19)29(33)34)27-21-11-7-17(8-12-21)18-9-13-22(14-10-18)28-26(32)20-4-2-6-24(16-20)30(35)36/h1-16H,(H,27,31)(H,28,32). The van der Waals surface area contributed by atoms with E-state index in [0.29, 0.717) is 11.4 Å². The molecule has 0 unspecified atom stereocenters. The van der Waals surface area contributed by atoms with Gasteiger partial charge in [-0.05, 0) is 47.5 Å². The summed E-state index contributed by atoms with van der Waals surface area (Å²) in [5.74, 6) is -0.925. The lowest BCUT2D eigenvalue weighted by Crippen LogP contribution is -2.12. The van der Waals surface area contributed by atoms with Crippen LogP contribution in [0.5, 0.6) is 0 Å². The molecule has 0 aliphatic rings. The molecule has 2 amide bonds. The van der Waals surface area contributed by atoms with Gasteiger partial charge in [0.15, 0.2) is 0 Å². The highest BCUT2D eigenvalue weighted by molar-refractivity contribution is 6.05. The highest BCUT2D eigenvalue weighted by atomic mass is 16.6. The van der Waals surface area contributed by atoms with Gasteiger partial charge < -0.3 is 10.6 Å². The molecule has 2 N–H and O–H groups in total. The zero-order valence-electron chi connectivity index (χ0n) is 18.6. The maximum atomic E-state index is 12.4. The Morgan fingerprint density at radius 3 is 1.25 bits per heavy atom. The minimum atomic E-state index is -0.560. The fourth-order valence-electron chi connectivity index (χ4n) is 3.42. The van der Waals surface area contributed by atoms with Crippen molar-refractivity contribution in [2.75, 3.05) is 10.6 Å². The first kappa shape index (κ1) is 23.8. The Kier molecular flexibility index (Phi) is 6.78. The average Bonchev–Trinajstić information content (AvgIpc) is 2.89. The summed E-state index contributed by atoms with van der Waals surface area (Å²) in [7, 11) is 0. The first-order valence-electron chi connectivity index (χ1n) is 10.6. The van der Waals surface area contributed by atoms with Gasteiger partial charge in [0.2, 0.25) is 0 Å². The van der Waals surface area contributed by atoms with Gasteiger partial charge in [0.05, 0.1) is 9.85 Å². The number of hydrogen-bond donors (Lipinski definition) is 2. The molecule has 4 rings (SSSR count). The summed E-state index contributed by atoms with van der Waals surface area (Å²) in [6, 6.07) is 25.0. The van der Waals surface area contributed by atoms with Gasteiger partial charge in [-0.3, -0.25) is 29.8 Å². The lowest BCUT2D eigenvalue weighted by Gasteiger charge is -2.09. The van der Waals surface area contributed by atoms with Gasteiger partial charge in [0.25, 0.3) is 23.2 Å². The van der Waals surface area contributed by atoms with Crippen LogP contribution in [0.2, 0.25) is 0 Å². The predicted octanol–water partition coefficient (Wildman–Crippen LogP) is 5.67. The average molecular weight is 482 g/mol. The fourth-order valence-corrected chi connectivity index (χ4v) is 3.42. The largest absolute Gasteiger partial charge is 0.322 e. The monoisotopic (exact) mass is 482 g/mol. The number of rotatable bonds is 7. The predicted molar refractivity (Wildman–Crippen MR) is 134 cm³/mol. The molecule has 10 nitrogen and oxygen atoms in total. The number of hydrogen-bond acceptors (Lipinski definition) is 6. The number of non-ortho nitro benzene ring substituents is 2. The number of amides is 2.